The van der Waals surface area contributed by atoms with Crippen molar-refractivity contribution >= 4 is 27.9 Å². The third-order valence-electron chi connectivity index (χ3n) is 5.35. The molecule has 1 saturated heterocycles. The van der Waals surface area contributed by atoms with E-state index in [0.29, 0.717) is 12.2 Å². The molecule has 0 saturated carbocycles. The van der Waals surface area contributed by atoms with E-state index in [1.165, 1.54) is 17.6 Å². The van der Waals surface area contributed by atoms with Crippen LogP contribution in [0.3, 0.4) is 0 Å². The summed E-state index contributed by atoms with van der Waals surface area (Å²) in [6.45, 7) is 5.32. The molecule has 0 aromatic carbocycles. The van der Waals surface area contributed by atoms with Crippen molar-refractivity contribution in [3.8, 4) is 0 Å². The second kappa shape index (κ2) is 10.9. The molecule has 2 rings (SSSR count). The van der Waals surface area contributed by atoms with Crippen molar-refractivity contribution in [2.24, 2.45) is 18.9 Å². The van der Waals surface area contributed by atoms with Gasteiger partial charge in [0.1, 0.15) is 11.9 Å². The van der Waals surface area contributed by atoms with Crippen LogP contribution in [-0.4, -0.2) is 73.0 Å². The van der Waals surface area contributed by atoms with Gasteiger partial charge in [0, 0.05) is 26.3 Å². The molecular formula is C20H32N4O7S. The smallest absolute Gasteiger partial charge is 0.328 e. The Labute approximate surface area is 188 Å². The Bertz CT molecular complexity index is 914. The number of amides is 1. The van der Waals surface area contributed by atoms with E-state index in [4.69, 9.17) is 9.47 Å². The van der Waals surface area contributed by atoms with Gasteiger partial charge < -0.3 is 19.4 Å². The molecule has 0 radical (unpaired) electrons. The van der Waals surface area contributed by atoms with Crippen molar-refractivity contribution in [2.45, 2.75) is 51.1 Å². The van der Waals surface area contributed by atoms with Gasteiger partial charge in [-0.25, -0.2) is 18.2 Å². The number of carbonyl (C=O) groups is 3. The minimum Gasteiger partial charge on any atom is -0.467 e. The topological polar surface area (TPSA) is 137 Å². The van der Waals surface area contributed by atoms with Crippen molar-refractivity contribution in [1.29, 1.82) is 0 Å². The molecule has 0 bridgehead atoms. The number of hydrogen-bond acceptors (Lipinski definition) is 8. The highest BCUT2D eigenvalue weighted by molar-refractivity contribution is 7.89. The highest BCUT2D eigenvalue weighted by Crippen LogP contribution is 2.24. The Kier molecular flexibility index (Phi) is 8.79. The van der Waals surface area contributed by atoms with Crippen LogP contribution in [0.15, 0.2) is 11.2 Å². The molecule has 1 amide bonds. The van der Waals surface area contributed by atoms with E-state index in [1.54, 1.807) is 18.5 Å². The fourth-order valence-corrected chi connectivity index (χ4v) is 4.93. The van der Waals surface area contributed by atoms with Gasteiger partial charge in [-0.15, -0.1) is 0 Å². The van der Waals surface area contributed by atoms with Gasteiger partial charge in [-0.3, -0.25) is 9.59 Å². The number of imidazole rings is 1. The fourth-order valence-electron chi connectivity index (χ4n) is 3.43. The monoisotopic (exact) mass is 472 g/mol. The number of esters is 2. The lowest BCUT2D eigenvalue weighted by atomic mass is 9.98. The molecule has 11 nitrogen and oxygen atoms in total. The maximum absolute atomic E-state index is 12.7. The minimum absolute atomic E-state index is 0.0169. The summed E-state index contributed by atoms with van der Waals surface area (Å²) in [5, 5.41) is 2.50. The third-order valence-corrected chi connectivity index (χ3v) is 7.12. The molecule has 0 aliphatic carbocycles. The summed E-state index contributed by atoms with van der Waals surface area (Å²) >= 11 is 0. The molecule has 1 aromatic rings. The summed E-state index contributed by atoms with van der Waals surface area (Å²) in [4.78, 5) is 40.4. The maximum atomic E-state index is 12.7. The Hall–Kier alpha value is -2.47. The molecule has 1 aliphatic rings. The Morgan fingerprint density at radius 3 is 2.38 bits per heavy atom. The summed E-state index contributed by atoms with van der Waals surface area (Å²) in [5.74, 6) is -1.49. The first-order valence-electron chi connectivity index (χ1n) is 10.5. The first kappa shape index (κ1) is 25.8. The van der Waals surface area contributed by atoms with Crippen LogP contribution in [0.25, 0.3) is 0 Å². The zero-order chi connectivity index (χ0) is 24.1. The number of aryl methyl sites for hydroxylation is 2. The van der Waals surface area contributed by atoms with Crippen molar-refractivity contribution in [3.63, 3.8) is 0 Å². The molecule has 1 unspecified atom stereocenters. The van der Waals surface area contributed by atoms with Gasteiger partial charge >= 0.3 is 11.9 Å². The zero-order valence-corrected chi connectivity index (χ0v) is 20.0. The van der Waals surface area contributed by atoms with Gasteiger partial charge in [0.25, 0.3) is 15.9 Å². The lowest BCUT2D eigenvalue weighted by Gasteiger charge is -2.29. The molecule has 2 heterocycles. The van der Waals surface area contributed by atoms with E-state index in [0.717, 1.165) is 0 Å². The molecule has 1 aromatic heterocycles. The van der Waals surface area contributed by atoms with Crippen LogP contribution in [0.5, 0.6) is 0 Å². The first-order valence-corrected chi connectivity index (χ1v) is 11.9. The van der Waals surface area contributed by atoms with Crippen LogP contribution in [0.2, 0.25) is 0 Å². The van der Waals surface area contributed by atoms with E-state index in [1.807, 2.05) is 13.8 Å². The lowest BCUT2D eigenvalue weighted by Crippen LogP contribution is -2.44. The van der Waals surface area contributed by atoms with Crippen LogP contribution >= 0.6 is 0 Å². The van der Waals surface area contributed by atoms with E-state index in [2.05, 4.69) is 10.3 Å². The first-order chi connectivity index (χ1) is 14.9. The zero-order valence-electron chi connectivity index (χ0n) is 19.2. The number of nitrogens with one attached hydrogen (secondary N) is 1. The number of aromatic nitrogens is 2. The predicted molar refractivity (Wildman–Crippen MR) is 114 cm³/mol. The lowest BCUT2D eigenvalue weighted by molar-refractivity contribution is -0.154. The highest BCUT2D eigenvalue weighted by Gasteiger charge is 2.34. The quantitative estimate of drug-likeness (QED) is 0.509. The van der Waals surface area contributed by atoms with Gasteiger partial charge in [-0.05, 0) is 32.1 Å². The molecule has 12 heteroatoms. The summed E-state index contributed by atoms with van der Waals surface area (Å²) in [5.41, 5.74) is 0. The van der Waals surface area contributed by atoms with Crippen molar-refractivity contribution in [3.05, 3.63) is 12.0 Å². The van der Waals surface area contributed by atoms with Crippen LogP contribution < -0.4 is 5.32 Å². The number of piperidine rings is 1. The van der Waals surface area contributed by atoms with E-state index in [-0.39, 0.29) is 36.9 Å². The van der Waals surface area contributed by atoms with Gasteiger partial charge in [0.2, 0.25) is 0 Å². The SMILES string of the molecule is COC(=O)C(CC(C)C)NC(=O)COC(=O)C1CCN(S(=O)(=O)c2cn(C)c(C)n2)CC1. The number of nitrogens with zero attached hydrogens (tertiary/aromatic N) is 3. The normalized spacial score (nSPS) is 16.6. The van der Waals surface area contributed by atoms with Crippen LogP contribution in [-0.2, 0) is 40.9 Å². The molecule has 180 valence electrons. The van der Waals surface area contributed by atoms with Crippen LogP contribution in [0, 0.1) is 18.8 Å². The Balaban J connectivity index is 1.84. The molecule has 1 atom stereocenters. The van der Waals surface area contributed by atoms with Crippen LogP contribution in [0.1, 0.15) is 38.9 Å². The van der Waals surface area contributed by atoms with Gasteiger partial charge in [0.15, 0.2) is 11.6 Å². The molecular weight excluding hydrogens is 440 g/mol. The Morgan fingerprint density at radius 2 is 1.88 bits per heavy atom. The number of methoxy groups -OCH3 is 1. The summed E-state index contributed by atoms with van der Waals surface area (Å²) in [6, 6.07) is -0.810. The van der Waals surface area contributed by atoms with Crippen LogP contribution in [0.4, 0.5) is 0 Å². The van der Waals surface area contributed by atoms with Gasteiger partial charge in [0.05, 0.1) is 13.0 Å². The Morgan fingerprint density at radius 1 is 1.25 bits per heavy atom. The van der Waals surface area contributed by atoms with Gasteiger partial charge in [-0.2, -0.15) is 4.31 Å². The van der Waals surface area contributed by atoms with E-state index >= 15 is 0 Å². The summed E-state index contributed by atoms with van der Waals surface area (Å²) in [6.07, 6.45) is 2.42. The summed E-state index contributed by atoms with van der Waals surface area (Å²) in [7, 11) is -0.774. The summed E-state index contributed by atoms with van der Waals surface area (Å²) < 4.78 is 38.2. The molecule has 0 spiro atoms. The average Bonchev–Trinajstić information content (AvgIpc) is 3.09. The predicted octanol–water partition coefficient (Wildman–Crippen LogP) is 0.376. The second-order valence-corrected chi connectivity index (χ2v) is 10.2. The standard InChI is InChI=1S/C20H32N4O7S/c1-13(2)10-16(20(27)30-5)22-17(25)12-31-19(26)15-6-8-24(9-7-15)32(28,29)18-11-23(4)14(3)21-18/h11,13,15-16H,6-10,12H2,1-5H3,(H,22,25). The minimum atomic E-state index is -3.73. The van der Waals surface area contributed by atoms with E-state index in [9.17, 15) is 22.8 Å². The molecule has 32 heavy (non-hydrogen) atoms. The van der Waals surface area contributed by atoms with Crippen molar-refractivity contribution in [2.75, 3.05) is 26.8 Å². The average molecular weight is 473 g/mol. The number of carbonyl (C=O) groups excluding carboxylic acids is 3. The van der Waals surface area contributed by atoms with Gasteiger partial charge in [-0.1, -0.05) is 13.8 Å². The highest BCUT2D eigenvalue weighted by atomic mass is 32.2. The number of rotatable bonds is 9. The molecule has 1 N–H and O–H groups in total. The fraction of sp³-hybridized carbons (Fsp3) is 0.700. The third kappa shape index (κ3) is 6.52. The molecule has 1 fully saturated rings. The van der Waals surface area contributed by atoms with Crippen molar-refractivity contribution in [1.82, 2.24) is 19.2 Å². The number of sulfonamides is 1. The van der Waals surface area contributed by atoms with Crippen molar-refractivity contribution < 1.29 is 32.3 Å². The molecule has 1 aliphatic heterocycles. The number of ether oxygens (including phenoxy) is 2. The maximum Gasteiger partial charge on any atom is 0.328 e. The number of hydrogen-bond donors (Lipinski definition) is 1. The van der Waals surface area contributed by atoms with E-state index < -0.39 is 46.4 Å². The largest absolute Gasteiger partial charge is 0.467 e. The second-order valence-electron chi connectivity index (χ2n) is 8.30.